The average molecular weight is 466 g/mol. The Hall–Kier alpha value is -2.35. The molecule has 0 amide bonds. The Kier molecular flexibility index (Phi) is 8.34. The Morgan fingerprint density at radius 3 is 2.69 bits per heavy atom. The third-order valence-electron chi connectivity index (χ3n) is 5.29. The van der Waals surface area contributed by atoms with Gasteiger partial charge in [-0.25, -0.2) is 0 Å². The molecule has 0 aliphatic rings. The summed E-state index contributed by atoms with van der Waals surface area (Å²) in [5.41, 5.74) is 1.74. The van der Waals surface area contributed by atoms with E-state index in [1.165, 1.54) is 12.1 Å². The first kappa shape index (κ1) is 24.3. The van der Waals surface area contributed by atoms with Crippen LogP contribution < -0.4 is 5.32 Å². The van der Waals surface area contributed by atoms with E-state index in [1.807, 2.05) is 29.2 Å². The van der Waals surface area contributed by atoms with E-state index in [4.69, 9.17) is 11.6 Å². The molecule has 0 radical (unpaired) electrons. The van der Waals surface area contributed by atoms with Crippen molar-refractivity contribution in [3.8, 4) is 0 Å². The van der Waals surface area contributed by atoms with Gasteiger partial charge < -0.3 is 10.4 Å². The summed E-state index contributed by atoms with van der Waals surface area (Å²) < 4.78 is 38.9. The molecular weight excluding hydrogens is 439 g/mol. The number of hydrogen-bond acceptors (Lipinski definition) is 4. The number of nitrogens with zero attached hydrogens (tertiary/aromatic N) is 2. The minimum atomic E-state index is -4.36. The predicted octanol–water partition coefficient (Wildman–Crippen LogP) is 5.98. The fourth-order valence-corrected chi connectivity index (χ4v) is 3.89. The molecule has 32 heavy (non-hydrogen) atoms. The summed E-state index contributed by atoms with van der Waals surface area (Å²) in [6.07, 6.45) is -0.920. The standard InChI is InChI=1S/C24H27ClF3N3O/c1-17(30-22-9-10-29-23-15-20(25)7-8-21(22)23)4-3-11-31(12-13-32)16-18-5-2-6-19(14-18)24(26,27)28/h2,5-10,14-15,17,32H,3-4,11-13,16H2,1H3,(H,29,30). The first-order chi connectivity index (χ1) is 15.3. The molecular formula is C24H27ClF3N3O. The molecule has 0 bridgehead atoms. The van der Waals surface area contributed by atoms with Gasteiger partial charge in [0.1, 0.15) is 0 Å². The van der Waals surface area contributed by atoms with E-state index in [0.29, 0.717) is 30.2 Å². The second-order valence-electron chi connectivity index (χ2n) is 7.91. The van der Waals surface area contributed by atoms with Crippen molar-refractivity contribution in [2.24, 2.45) is 0 Å². The number of anilines is 1. The van der Waals surface area contributed by atoms with Crippen LogP contribution in [0.25, 0.3) is 10.9 Å². The molecule has 0 fully saturated rings. The molecule has 1 unspecified atom stereocenters. The summed E-state index contributed by atoms with van der Waals surface area (Å²) >= 11 is 6.05. The Morgan fingerprint density at radius 1 is 1.12 bits per heavy atom. The van der Waals surface area contributed by atoms with Crippen LogP contribution in [0.3, 0.4) is 0 Å². The molecule has 1 heterocycles. The highest BCUT2D eigenvalue weighted by atomic mass is 35.5. The lowest BCUT2D eigenvalue weighted by atomic mass is 10.1. The lowest BCUT2D eigenvalue weighted by Crippen LogP contribution is -2.29. The number of aliphatic hydroxyl groups is 1. The van der Waals surface area contributed by atoms with Gasteiger partial charge in [-0.2, -0.15) is 13.2 Å². The Morgan fingerprint density at radius 2 is 1.94 bits per heavy atom. The van der Waals surface area contributed by atoms with Gasteiger partial charge in [-0.3, -0.25) is 9.88 Å². The number of hydrogen-bond donors (Lipinski definition) is 2. The fraction of sp³-hybridized carbons (Fsp3) is 0.375. The van der Waals surface area contributed by atoms with Gasteiger partial charge in [0.15, 0.2) is 0 Å². The summed E-state index contributed by atoms with van der Waals surface area (Å²) in [5, 5.41) is 14.5. The fourth-order valence-electron chi connectivity index (χ4n) is 3.72. The van der Waals surface area contributed by atoms with Gasteiger partial charge in [0, 0.05) is 41.4 Å². The van der Waals surface area contributed by atoms with E-state index < -0.39 is 11.7 Å². The van der Waals surface area contributed by atoms with Crippen LogP contribution in [0.1, 0.15) is 30.9 Å². The normalized spacial score (nSPS) is 13.0. The second kappa shape index (κ2) is 11.0. The molecule has 0 aliphatic carbocycles. The van der Waals surface area contributed by atoms with Crippen molar-refractivity contribution in [2.45, 2.75) is 38.5 Å². The minimum absolute atomic E-state index is 0.0433. The van der Waals surface area contributed by atoms with Crippen molar-refractivity contribution in [3.63, 3.8) is 0 Å². The summed E-state index contributed by atoms with van der Waals surface area (Å²) in [6, 6.07) is 13.1. The smallest absolute Gasteiger partial charge is 0.395 e. The van der Waals surface area contributed by atoms with Crippen LogP contribution in [0.15, 0.2) is 54.7 Å². The van der Waals surface area contributed by atoms with Crippen molar-refractivity contribution >= 4 is 28.2 Å². The molecule has 172 valence electrons. The highest BCUT2D eigenvalue weighted by Crippen LogP contribution is 2.30. The Bertz CT molecular complexity index is 1030. The predicted molar refractivity (Wildman–Crippen MR) is 123 cm³/mol. The molecule has 4 nitrogen and oxygen atoms in total. The quantitative estimate of drug-likeness (QED) is 0.386. The van der Waals surface area contributed by atoms with E-state index in [2.05, 4.69) is 17.2 Å². The third-order valence-corrected chi connectivity index (χ3v) is 5.53. The summed E-state index contributed by atoms with van der Waals surface area (Å²) in [5.74, 6) is 0. The molecule has 3 aromatic rings. The molecule has 0 spiro atoms. The molecule has 1 aromatic heterocycles. The zero-order chi connectivity index (χ0) is 23.1. The number of rotatable bonds is 10. The zero-order valence-corrected chi connectivity index (χ0v) is 18.6. The van der Waals surface area contributed by atoms with Gasteiger partial charge in [0.2, 0.25) is 0 Å². The molecule has 0 saturated carbocycles. The van der Waals surface area contributed by atoms with Crippen molar-refractivity contribution in [1.29, 1.82) is 0 Å². The number of aliphatic hydroxyl groups excluding tert-OH is 1. The second-order valence-corrected chi connectivity index (χ2v) is 8.34. The topological polar surface area (TPSA) is 48.4 Å². The van der Waals surface area contributed by atoms with E-state index in [1.54, 1.807) is 12.3 Å². The van der Waals surface area contributed by atoms with E-state index in [9.17, 15) is 18.3 Å². The lowest BCUT2D eigenvalue weighted by molar-refractivity contribution is -0.137. The van der Waals surface area contributed by atoms with Crippen molar-refractivity contribution in [2.75, 3.05) is 25.0 Å². The maximum absolute atomic E-state index is 13.0. The number of nitrogens with one attached hydrogen (secondary N) is 1. The summed E-state index contributed by atoms with van der Waals surface area (Å²) in [4.78, 5) is 6.33. The number of fused-ring (bicyclic) bond motifs is 1. The van der Waals surface area contributed by atoms with E-state index in [0.717, 1.165) is 35.5 Å². The van der Waals surface area contributed by atoms with Gasteiger partial charge in [0.05, 0.1) is 17.7 Å². The monoisotopic (exact) mass is 465 g/mol. The molecule has 2 aromatic carbocycles. The van der Waals surface area contributed by atoms with Crippen LogP contribution in [0.5, 0.6) is 0 Å². The van der Waals surface area contributed by atoms with Crippen LogP contribution in [0.4, 0.5) is 18.9 Å². The highest BCUT2D eigenvalue weighted by Gasteiger charge is 2.30. The maximum atomic E-state index is 13.0. The van der Waals surface area contributed by atoms with Gasteiger partial charge >= 0.3 is 6.18 Å². The molecule has 8 heteroatoms. The van der Waals surface area contributed by atoms with Gasteiger partial charge in [-0.15, -0.1) is 0 Å². The third kappa shape index (κ3) is 6.82. The van der Waals surface area contributed by atoms with E-state index >= 15 is 0 Å². The minimum Gasteiger partial charge on any atom is -0.395 e. The number of alkyl halides is 3. The summed E-state index contributed by atoms with van der Waals surface area (Å²) in [7, 11) is 0. The van der Waals surface area contributed by atoms with Crippen LogP contribution in [0, 0.1) is 0 Å². The number of aromatic nitrogens is 1. The van der Waals surface area contributed by atoms with Crippen molar-refractivity contribution in [3.05, 3.63) is 70.9 Å². The largest absolute Gasteiger partial charge is 0.416 e. The van der Waals surface area contributed by atoms with Gasteiger partial charge in [-0.1, -0.05) is 29.8 Å². The van der Waals surface area contributed by atoms with E-state index in [-0.39, 0.29) is 12.6 Å². The van der Waals surface area contributed by atoms with Crippen LogP contribution in [-0.2, 0) is 12.7 Å². The molecule has 0 aliphatic heterocycles. The number of halogens is 4. The van der Waals surface area contributed by atoms with Crippen LogP contribution in [0.2, 0.25) is 5.02 Å². The zero-order valence-electron chi connectivity index (χ0n) is 17.9. The van der Waals surface area contributed by atoms with Gasteiger partial charge in [0.25, 0.3) is 0 Å². The van der Waals surface area contributed by atoms with Crippen molar-refractivity contribution in [1.82, 2.24) is 9.88 Å². The Balaban J connectivity index is 1.55. The van der Waals surface area contributed by atoms with Crippen LogP contribution in [-0.4, -0.2) is 40.7 Å². The lowest BCUT2D eigenvalue weighted by Gasteiger charge is -2.23. The Labute approximate surface area is 191 Å². The first-order valence-corrected chi connectivity index (χ1v) is 10.9. The first-order valence-electron chi connectivity index (χ1n) is 10.6. The van der Waals surface area contributed by atoms with Gasteiger partial charge in [-0.05, 0) is 62.2 Å². The SMILES string of the molecule is CC(CCCN(CCO)Cc1cccc(C(F)(F)F)c1)Nc1ccnc2cc(Cl)ccc12. The molecule has 1 atom stereocenters. The average Bonchev–Trinajstić information content (AvgIpc) is 2.73. The summed E-state index contributed by atoms with van der Waals surface area (Å²) in [6.45, 7) is 3.50. The van der Waals surface area contributed by atoms with Crippen molar-refractivity contribution < 1.29 is 18.3 Å². The molecule has 0 saturated heterocycles. The molecule has 3 rings (SSSR count). The van der Waals surface area contributed by atoms with Crippen LogP contribution >= 0.6 is 11.6 Å². The number of benzene rings is 2. The maximum Gasteiger partial charge on any atom is 0.416 e. The molecule has 2 N–H and O–H groups in total. The highest BCUT2D eigenvalue weighted by molar-refractivity contribution is 6.31. The number of pyridine rings is 1.